The number of methoxy groups -OCH3 is 1. The number of anilines is 3. The number of rotatable bonds is 7. The van der Waals surface area contributed by atoms with E-state index in [0.29, 0.717) is 53.5 Å². The fourth-order valence-corrected chi connectivity index (χ4v) is 5.20. The van der Waals surface area contributed by atoms with Crippen LogP contribution in [-0.2, 0) is 15.6 Å². The van der Waals surface area contributed by atoms with Gasteiger partial charge in [-0.2, -0.15) is 0 Å². The Morgan fingerprint density at radius 2 is 2.00 bits per heavy atom. The third-order valence-corrected chi connectivity index (χ3v) is 8.13. The van der Waals surface area contributed by atoms with Gasteiger partial charge in [0.05, 0.1) is 48.3 Å². The molecule has 0 saturated carbocycles. The van der Waals surface area contributed by atoms with E-state index in [1.165, 1.54) is 18.5 Å². The highest BCUT2D eigenvalue weighted by molar-refractivity contribution is 7.92. The number of piperidine rings is 1. The van der Waals surface area contributed by atoms with Crippen molar-refractivity contribution in [2.24, 2.45) is 0 Å². The van der Waals surface area contributed by atoms with Crippen LogP contribution in [-0.4, -0.2) is 72.8 Å². The minimum absolute atomic E-state index is 0.288. The van der Waals surface area contributed by atoms with Crippen molar-refractivity contribution in [3.63, 3.8) is 0 Å². The molecule has 4 N–H and O–H groups in total. The van der Waals surface area contributed by atoms with Gasteiger partial charge >= 0.3 is 0 Å². The van der Waals surface area contributed by atoms with E-state index < -0.39 is 21.7 Å². The zero-order valence-corrected chi connectivity index (χ0v) is 22.1. The van der Waals surface area contributed by atoms with Crippen LogP contribution in [0.1, 0.15) is 12.0 Å². The standard InChI is InChI=1S/C26H30N6O5S/c1-31(38(3,35)36)21-7-5-4-6-19(21)22-11-9-18-15-28-25(30-32(18)22)29-20-10-8-17(14-23(20)37-2)26(34)12-13-27-16-24(26)33/h4-11,14-15,24,27,33-34H,12-13,16H2,1-3H3,(H,29,30)/t24-,26-/m0/s1. The third-order valence-electron chi connectivity index (χ3n) is 6.94. The first-order valence-corrected chi connectivity index (χ1v) is 13.9. The van der Waals surface area contributed by atoms with Crippen molar-refractivity contribution in [3.05, 3.63) is 66.4 Å². The number of β-amino-alcohol motifs (C(OH)–C–C–N with tert-alkyl or cyclic N) is 1. The number of sulfonamides is 1. The van der Waals surface area contributed by atoms with Crippen molar-refractivity contribution in [2.75, 3.05) is 43.1 Å². The molecule has 0 aliphatic carbocycles. The molecule has 0 bridgehead atoms. The SMILES string of the molecule is COc1cc([C@@]2(O)CCNC[C@@H]2O)ccc1Nc1ncc2ccc(-c3ccccc3N(C)S(C)(=O)=O)n2n1. The van der Waals surface area contributed by atoms with Crippen LogP contribution in [0.15, 0.2) is 60.8 Å². The molecule has 0 spiro atoms. The first kappa shape index (κ1) is 25.9. The lowest BCUT2D eigenvalue weighted by molar-refractivity contribution is -0.0977. The lowest BCUT2D eigenvalue weighted by atomic mass is 9.82. The number of hydrogen-bond acceptors (Lipinski definition) is 9. The molecule has 2 aromatic heterocycles. The molecule has 2 aromatic carbocycles. The number of nitrogens with zero attached hydrogens (tertiary/aromatic N) is 4. The molecule has 12 heteroatoms. The molecular weight excluding hydrogens is 508 g/mol. The largest absolute Gasteiger partial charge is 0.495 e. The fourth-order valence-electron chi connectivity index (χ4n) is 4.68. The van der Waals surface area contributed by atoms with Gasteiger partial charge in [0, 0.05) is 19.2 Å². The second kappa shape index (κ2) is 9.87. The molecule has 1 saturated heterocycles. The predicted octanol–water partition coefficient (Wildman–Crippen LogP) is 2.09. The van der Waals surface area contributed by atoms with Crippen molar-refractivity contribution in [1.82, 2.24) is 19.9 Å². The van der Waals surface area contributed by atoms with Gasteiger partial charge < -0.3 is 25.6 Å². The Labute approximate surface area is 220 Å². The molecule has 38 heavy (non-hydrogen) atoms. The summed E-state index contributed by atoms with van der Waals surface area (Å²) in [5.41, 5.74) is 2.41. The molecule has 2 atom stereocenters. The van der Waals surface area contributed by atoms with Gasteiger partial charge in [-0.1, -0.05) is 24.3 Å². The van der Waals surface area contributed by atoms with Crippen LogP contribution >= 0.6 is 0 Å². The first-order valence-electron chi connectivity index (χ1n) is 12.1. The van der Waals surface area contributed by atoms with Crippen LogP contribution in [0.2, 0.25) is 0 Å². The number of nitrogens with one attached hydrogen (secondary N) is 2. The molecule has 4 aromatic rings. The summed E-state index contributed by atoms with van der Waals surface area (Å²) in [5.74, 6) is 0.744. The van der Waals surface area contributed by atoms with Crippen LogP contribution in [0, 0.1) is 0 Å². The number of benzene rings is 2. The topological polar surface area (TPSA) is 141 Å². The second-order valence-electron chi connectivity index (χ2n) is 9.32. The number of aromatic nitrogens is 3. The smallest absolute Gasteiger partial charge is 0.245 e. The van der Waals surface area contributed by atoms with E-state index in [1.807, 2.05) is 24.3 Å². The van der Waals surface area contributed by atoms with Gasteiger partial charge in [-0.05, 0) is 48.9 Å². The number of hydrogen-bond donors (Lipinski definition) is 4. The molecule has 0 radical (unpaired) electrons. The quantitative estimate of drug-likeness (QED) is 0.278. The number of aliphatic hydroxyl groups is 2. The van der Waals surface area contributed by atoms with E-state index >= 15 is 0 Å². The normalized spacial score (nSPS) is 19.9. The molecular formula is C26H30N6O5S. The Bertz CT molecular complexity index is 1590. The first-order chi connectivity index (χ1) is 18.1. The Kier molecular flexibility index (Phi) is 6.73. The zero-order chi connectivity index (χ0) is 27.1. The summed E-state index contributed by atoms with van der Waals surface area (Å²) in [4.78, 5) is 4.42. The van der Waals surface area contributed by atoms with Gasteiger partial charge in [0.25, 0.3) is 0 Å². The van der Waals surface area contributed by atoms with E-state index in [9.17, 15) is 18.6 Å². The predicted molar refractivity (Wildman–Crippen MR) is 145 cm³/mol. The molecule has 0 unspecified atom stereocenters. The van der Waals surface area contributed by atoms with E-state index in [1.54, 1.807) is 41.0 Å². The molecule has 11 nitrogen and oxygen atoms in total. The van der Waals surface area contributed by atoms with Gasteiger partial charge in [-0.25, -0.2) is 17.9 Å². The second-order valence-corrected chi connectivity index (χ2v) is 11.3. The van der Waals surface area contributed by atoms with E-state index in [4.69, 9.17) is 4.74 Å². The van der Waals surface area contributed by atoms with Crippen molar-refractivity contribution >= 4 is 32.9 Å². The number of ether oxygens (including phenoxy) is 1. The Morgan fingerprint density at radius 3 is 2.74 bits per heavy atom. The summed E-state index contributed by atoms with van der Waals surface area (Å²) in [5, 5.41) is 32.4. The maximum absolute atomic E-state index is 12.2. The summed E-state index contributed by atoms with van der Waals surface area (Å²) in [7, 11) is -0.431. The molecule has 200 valence electrons. The highest BCUT2D eigenvalue weighted by Crippen LogP contribution is 2.37. The third kappa shape index (κ3) is 4.67. The van der Waals surface area contributed by atoms with Gasteiger partial charge in [0.2, 0.25) is 16.0 Å². The van der Waals surface area contributed by atoms with Crippen LogP contribution in [0.25, 0.3) is 16.8 Å². The minimum Gasteiger partial charge on any atom is -0.495 e. The highest BCUT2D eigenvalue weighted by atomic mass is 32.2. The van der Waals surface area contributed by atoms with E-state index in [-0.39, 0.29) is 5.95 Å². The van der Waals surface area contributed by atoms with Crippen molar-refractivity contribution in [2.45, 2.75) is 18.1 Å². The van der Waals surface area contributed by atoms with E-state index in [0.717, 1.165) is 11.8 Å². The molecule has 0 amide bonds. The van der Waals surface area contributed by atoms with Crippen LogP contribution < -0.4 is 19.7 Å². The molecule has 5 rings (SSSR count). The number of aliphatic hydroxyl groups excluding tert-OH is 1. The number of fused-ring (bicyclic) bond motifs is 1. The summed E-state index contributed by atoms with van der Waals surface area (Å²) >= 11 is 0. The maximum Gasteiger partial charge on any atom is 0.245 e. The summed E-state index contributed by atoms with van der Waals surface area (Å²) in [6.45, 7) is 0.890. The van der Waals surface area contributed by atoms with Gasteiger partial charge in [-0.3, -0.25) is 4.31 Å². The van der Waals surface area contributed by atoms with Crippen LogP contribution in [0.3, 0.4) is 0 Å². The van der Waals surface area contributed by atoms with Crippen LogP contribution in [0.5, 0.6) is 5.75 Å². The Morgan fingerprint density at radius 1 is 1.21 bits per heavy atom. The minimum atomic E-state index is -3.47. The summed E-state index contributed by atoms with van der Waals surface area (Å²) in [6, 6.07) is 16.1. The maximum atomic E-state index is 12.2. The van der Waals surface area contributed by atoms with Crippen molar-refractivity contribution in [1.29, 1.82) is 0 Å². The average molecular weight is 539 g/mol. The molecule has 3 heterocycles. The lowest BCUT2D eigenvalue weighted by Crippen LogP contribution is -2.51. The van der Waals surface area contributed by atoms with Gasteiger partial charge in [0.15, 0.2) is 0 Å². The monoisotopic (exact) mass is 538 g/mol. The average Bonchev–Trinajstić information content (AvgIpc) is 3.32. The highest BCUT2D eigenvalue weighted by Gasteiger charge is 2.40. The van der Waals surface area contributed by atoms with Crippen molar-refractivity contribution < 1.29 is 23.4 Å². The Hall–Kier alpha value is -3.71. The zero-order valence-electron chi connectivity index (χ0n) is 21.3. The van der Waals surface area contributed by atoms with Gasteiger partial charge in [-0.15, -0.1) is 5.10 Å². The van der Waals surface area contributed by atoms with Crippen LogP contribution in [0.4, 0.5) is 17.3 Å². The molecule has 1 aliphatic rings. The lowest BCUT2D eigenvalue weighted by Gasteiger charge is -2.38. The number of para-hydroxylation sites is 1. The van der Waals surface area contributed by atoms with E-state index in [2.05, 4.69) is 20.7 Å². The van der Waals surface area contributed by atoms with Crippen molar-refractivity contribution in [3.8, 4) is 17.0 Å². The Balaban J connectivity index is 1.50. The summed E-state index contributed by atoms with van der Waals surface area (Å²) in [6.07, 6.45) is 2.25. The molecule has 1 fully saturated rings. The molecule has 1 aliphatic heterocycles. The summed E-state index contributed by atoms with van der Waals surface area (Å²) < 4.78 is 33.0. The fraction of sp³-hybridized carbons (Fsp3) is 0.308. The van der Waals surface area contributed by atoms with Gasteiger partial charge in [0.1, 0.15) is 11.4 Å².